The fourth-order valence-electron chi connectivity index (χ4n) is 2.83. The molecule has 150 valence electrons. The summed E-state index contributed by atoms with van der Waals surface area (Å²) in [5.41, 5.74) is 0. The molecule has 0 unspecified atom stereocenters. The summed E-state index contributed by atoms with van der Waals surface area (Å²) < 4.78 is 0. The summed E-state index contributed by atoms with van der Waals surface area (Å²) in [5.74, 6) is 0.864. The monoisotopic (exact) mass is 393 g/mol. The van der Waals surface area contributed by atoms with E-state index in [1.807, 2.05) is 30.2 Å². The second kappa shape index (κ2) is 10.3. The highest BCUT2D eigenvalue weighted by Gasteiger charge is 2.24. The molecule has 2 amide bonds. The van der Waals surface area contributed by atoms with E-state index in [-0.39, 0.29) is 30.3 Å². The molecule has 1 fully saturated rings. The Morgan fingerprint density at radius 1 is 1.33 bits per heavy atom. The van der Waals surface area contributed by atoms with E-state index in [2.05, 4.69) is 21.7 Å². The van der Waals surface area contributed by atoms with Crippen LogP contribution in [-0.2, 0) is 16.1 Å². The zero-order chi connectivity index (χ0) is 19.8. The van der Waals surface area contributed by atoms with Crippen molar-refractivity contribution in [2.75, 3.05) is 33.7 Å². The smallest absolute Gasteiger partial charge is 0.243 e. The minimum Gasteiger partial charge on any atom is -0.354 e. The zero-order valence-electron chi connectivity index (χ0n) is 16.7. The van der Waals surface area contributed by atoms with E-state index in [4.69, 9.17) is 0 Å². The molecule has 0 spiro atoms. The quantitative estimate of drug-likeness (QED) is 0.567. The van der Waals surface area contributed by atoms with Gasteiger partial charge in [-0.05, 0) is 24.3 Å². The highest BCUT2D eigenvalue weighted by atomic mass is 32.1. The maximum absolute atomic E-state index is 12.1. The number of guanidine groups is 1. The maximum Gasteiger partial charge on any atom is 0.243 e. The molecular formula is C19H31N5O2S. The molecule has 7 nitrogen and oxygen atoms in total. The molecule has 0 aliphatic carbocycles. The van der Waals surface area contributed by atoms with Crippen LogP contribution in [0.1, 0.15) is 31.6 Å². The highest BCUT2D eigenvalue weighted by molar-refractivity contribution is 7.09. The minimum atomic E-state index is -0.0374. The molecule has 1 aliphatic rings. The fourth-order valence-corrected chi connectivity index (χ4v) is 3.47. The first-order chi connectivity index (χ1) is 12.9. The zero-order valence-corrected chi connectivity index (χ0v) is 17.5. The average molecular weight is 394 g/mol. The van der Waals surface area contributed by atoms with E-state index in [9.17, 15) is 9.59 Å². The molecule has 0 aromatic carbocycles. The van der Waals surface area contributed by atoms with Crippen LogP contribution in [0.3, 0.4) is 0 Å². The molecule has 2 N–H and O–H groups in total. The summed E-state index contributed by atoms with van der Waals surface area (Å²) in [6.07, 6.45) is 1.75. The minimum absolute atomic E-state index is 0.0374. The third-order valence-electron chi connectivity index (χ3n) is 4.52. The lowest BCUT2D eigenvalue weighted by atomic mass is 10.0. The van der Waals surface area contributed by atoms with Crippen molar-refractivity contribution in [2.45, 2.75) is 39.3 Å². The van der Waals surface area contributed by atoms with Crippen LogP contribution in [-0.4, -0.2) is 67.3 Å². The van der Waals surface area contributed by atoms with Crippen molar-refractivity contribution >= 4 is 29.1 Å². The number of likely N-dealkylation sites (N-methyl/N-ethyl adjacent to an activating group) is 1. The number of carbonyl (C=O) groups is 2. The number of amides is 2. The van der Waals surface area contributed by atoms with Crippen molar-refractivity contribution in [2.24, 2.45) is 10.9 Å². The van der Waals surface area contributed by atoms with Crippen molar-refractivity contribution in [3.05, 3.63) is 22.4 Å². The number of carbonyl (C=O) groups excluding carboxylic acids is 2. The summed E-state index contributed by atoms with van der Waals surface area (Å²) in [7, 11) is 3.46. The molecule has 0 bridgehead atoms. The van der Waals surface area contributed by atoms with Gasteiger partial charge in [0.15, 0.2) is 5.96 Å². The van der Waals surface area contributed by atoms with Gasteiger partial charge in [0.05, 0.1) is 6.54 Å². The van der Waals surface area contributed by atoms with Crippen LogP contribution in [0.15, 0.2) is 22.5 Å². The SMILES string of the molecule is CC(C)C(=O)N1CCC(NC(=NCC(=O)N(C)C)NCc2cccs2)CC1. The molecule has 0 radical (unpaired) electrons. The van der Waals surface area contributed by atoms with E-state index >= 15 is 0 Å². The third-order valence-corrected chi connectivity index (χ3v) is 5.40. The van der Waals surface area contributed by atoms with Gasteiger partial charge in [0.25, 0.3) is 0 Å². The molecule has 27 heavy (non-hydrogen) atoms. The van der Waals surface area contributed by atoms with E-state index in [0.29, 0.717) is 12.5 Å². The molecule has 2 rings (SSSR count). The van der Waals surface area contributed by atoms with Crippen molar-refractivity contribution in [1.29, 1.82) is 0 Å². The number of hydrogen-bond acceptors (Lipinski definition) is 4. The van der Waals surface area contributed by atoms with Gasteiger partial charge < -0.3 is 20.4 Å². The van der Waals surface area contributed by atoms with E-state index in [1.54, 1.807) is 25.4 Å². The molecule has 1 aromatic rings. The first-order valence-electron chi connectivity index (χ1n) is 9.43. The summed E-state index contributed by atoms with van der Waals surface area (Å²) in [6.45, 7) is 6.16. The number of aliphatic imine (C=N–C) groups is 1. The number of thiophene rings is 1. The average Bonchev–Trinajstić information content (AvgIpc) is 3.17. The highest BCUT2D eigenvalue weighted by Crippen LogP contribution is 2.13. The lowest BCUT2D eigenvalue weighted by Gasteiger charge is -2.34. The maximum atomic E-state index is 12.1. The number of nitrogens with zero attached hydrogens (tertiary/aromatic N) is 3. The van der Waals surface area contributed by atoms with Crippen molar-refractivity contribution in [3.8, 4) is 0 Å². The van der Waals surface area contributed by atoms with Gasteiger partial charge in [-0.1, -0.05) is 19.9 Å². The predicted molar refractivity (Wildman–Crippen MR) is 110 cm³/mol. The molecule has 1 aromatic heterocycles. The van der Waals surface area contributed by atoms with Crippen LogP contribution in [0.5, 0.6) is 0 Å². The standard InChI is InChI=1S/C19H31N5O2S/c1-14(2)18(26)24-9-7-15(8-10-24)22-19(21-13-17(25)23(3)4)20-12-16-6-5-11-27-16/h5-6,11,14-15H,7-10,12-13H2,1-4H3,(H2,20,21,22). The van der Waals surface area contributed by atoms with Gasteiger partial charge in [-0.15, -0.1) is 11.3 Å². The van der Waals surface area contributed by atoms with Crippen molar-refractivity contribution in [3.63, 3.8) is 0 Å². The Balaban J connectivity index is 1.92. The van der Waals surface area contributed by atoms with Gasteiger partial charge in [-0.3, -0.25) is 9.59 Å². The summed E-state index contributed by atoms with van der Waals surface area (Å²) in [5, 5.41) is 8.79. The van der Waals surface area contributed by atoms with Gasteiger partial charge in [-0.2, -0.15) is 0 Å². The molecular weight excluding hydrogens is 362 g/mol. The Morgan fingerprint density at radius 3 is 2.59 bits per heavy atom. The number of hydrogen-bond donors (Lipinski definition) is 2. The van der Waals surface area contributed by atoms with Gasteiger partial charge in [0, 0.05) is 44.0 Å². The van der Waals surface area contributed by atoms with Crippen LogP contribution in [0, 0.1) is 5.92 Å². The van der Waals surface area contributed by atoms with Crippen LogP contribution in [0.25, 0.3) is 0 Å². The molecule has 1 aliphatic heterocycles. The van der Waals surface area contributed by atoms with Crippen LogP contribution >= 0.6 is 11.3 Å². The number of likely N-dealkylation sites (tertiary alicyclic amines) is 1. The molecule has 0 atom stereocenters. The summed E-state index contributed by atoms with van der Waals surface area (Å²) in [4.78, 5) is 33.1. The van der Waals surface area contributed by atoms with E-state index in [0.717, 1.165) is 25.9 Å². The lowest BCUT2D eigenvalue weighted by molar-refractivity contribution is -0.135. The van der Waals surface area contributed by atoms with Gasteiger partial charge >= 0.3 is 0 Å². The Hall–Kier alpha value is -2.09. The van der Waals surface area contributed by atoms with E-state index in [1.165, 1.54) is 9.78 Å². The number of piperidine rings is 1. The summed E-state index contributed by atoms with van der Waals surface area (Å²) >= 11 is 1.68. The van der Waals surface area contributed by atoms with Crippen molar-refractivity contribution in [1.82, 2.24) is 20.4 Å². The van der Waals surface area contributed by atoms with Crippen LogP contribution in [0.4, 0.5) is 0 Å². The summed E-state index contributed by atoms with van der Waals surface area (Å²) in [6, 6.07) is 4.32. The van der Waals surface area contributed by atoms with Gasteiger partial charge in [0.1, 0.15) is 6.54 Å². The second-order valence-electron chi connectivity index (χ2n) is 7.28. The molecule has 2 heterocycles. The lowest BCUT2D eigenvalue weighted by Crippen LogP contribution is -2.50. The Kier molecular flexibility index (Phi) is 8.09. The molecule has 0 saturated carbocycles. The fraction of sp³-hybridized carbons (Fsp3) is 0.632. The largest absolute Gasteiger partial charge is 0.354 e. The Bertz CT molecular complexity index is 635. The van der Waals surface area contributed by atoms with Crippen LogP contribution in [0.2, 0.25) is 0 Å². The second-order valence-corrected chi connectivity index (χ2v) is 8.32. The van der Waals surface area contributed by atoms with E-state index < -0.39 is 0 Å². The Morgan fingerprint density at radius 2 is 2.04 bits per heavy atom. The topological polar surface area (TPSA) is 77.0 Å². The first-order valence-corrected chi connectivity index (χ1v) is 10.3. The van der Waals surface area contributed by atoms with Crippen LogP contribution < -0.4 is 10.6 Å². The van der Waals surface area contributed by atoms with Gasteiger partial charge in [-0.25, -0.2) is 4.99 Å². The number of rotatable bonds is 6. The normalized spacial score (nSPS) is 15.7. The molecule has 1 saturated heterocycles. The predicted octanol–water partition coefficient (Wildman–Crippen LogP) is 1.52. The third kappa shape index (κ3) is 6.86. The first kappa shape index (κ1) is 21.2. The molecule has 8 heteroatoms. The van der Waals surface area contributed by atoms with Gasteiger partial charge in [0.2, 0.25) is 11.8 Å². The van der Waals surface area contributed by atoms with Crippen molar-refractivity contribution < 1.29 is 9.59 Å². The Labute approximate surface area is 165 Å². The number of nitrogens with one attached hydrogen (secondary N) is 2.